The van der Waals surface area contributed by atoms with Crippen molar-refractivity contribution >= 4 is 31.7 Å². The zero-order valence-corrected chi connectivity index (χ0v) is 19.4. The van der Waals surface area contributed by atoms with Crippen LogP contribution in [0.1, 0.15) is 23.6 Å². The van der Waals surface area contributed by atoms with Crippen LogP contribution < -0.4 is 9.47 Å². The summed E-state index contributed by atoms with van der Waals surface area (Å²) in [6.07, 6.45) is 0.400. The smallest absolute Gasteiger partial charge is 0.279 e. The van der Waals surface area contributed by atoms with Crippen LogP contribution in [0.15, 0.2) is 87.3 Å². The van der Waals surface area contributed by atoms with Crippen LogP contribution in [0.2, 0.25) is 0 Å². The molecule has 0 amide bonds. The Labute approximate surface area is 190 Å². The van der Waals surface area contributed by atoms with Crippen LogP contribution in [0, 0.1) is 0 Å². The second-order valence-electron chi connectivity index (χ2n) is 6.95. The summed E-state index contributed by atoms with van der Waals surface area (Å²) in [5.41, 5.74) is 2.24. The van der Waals surface area contributed by atoms with E-state index in [9.17, 15) is 8.42 Å². The van der Waals surface area contributed by atoms with Gasteiger partial charge in [0, 0.05) is 16.5 Å². The van der Waals surface area contributed by atoms with Crippen molar-refractivity contribution in [2.24, 2.45) is 5.10 Å². The minimum atomic E-state index is -3.89. The number of hydrogen-bond acceptors (Lipinski definition) is 5. The van der Waals surface area contributed by atoms with E-state index in [0.29, 0.717) is 29.2 Å². The summed E-state index contributed by atoms with van der Waals surface area (Å²) in [5.74, 6) is 1.03. The Balaban J connectivity index is 1.85. The van der Waals surface area contributed by atoms with Gasteiger partial charge in [-0.1, -0.05) is 58.4 Å². The molecule has 1 atom stereocenters. The summed E-state index contributed by atoms with van der Waals surface area (Å²) in [7, 11) is -0.791. The second-order valence-corrected chi connectivity index (χ2v) is 9.66. The number of methoxy groups -OCH3 is 2. The van der Waals surface area contributed by atoms with Crippen LogP contribution in [0.5, 0.6) is 11.5 Å². The zero-order chi connectivity index (χ0) is 22.0. The molecule has 0 saturated carbocycles. The summed E-state index contributed by atoms with van der Waals surface area (Å²) < 4.78 is 40.2. The van der Waals surface area contributed by atoms with E-state index in [1.807, 2.05) is 36.4 Å². The number of halogens is 1. The number of benzene rings is 3. The van der Waals surface area contributed by atoms with Gasteiger partial charge in [0.05, 0.1) is 30.9 Å². The van der Waals surface area contributed by atoms with Gasteiger partial charge in [0.25, 0.3) is 10.0 Å². The van der Waals surface area contributed by atoms with Crippen LogP contribution in [0.25, 0.3) is 0 Å². The van der Waals surface area contributed by atoms with Gasteiger partial charge >= 0.3 is 0 Å². The lowest BCUT2D eigenvalue weighted by atomic mass is 9.98. The third kappa shape index (κ3) is 4.05. The van der Waals surface area contributed by atoms with Crippen molar-refractivity contribution in [1.29, 1.82) is 0 Å². The van der Waals surface area contributed by atoms with Gasteiger partial charge in [-0.15, -0.1) is 0 Å². The molecule has 0 aliphatic carbocycles. The summed E-state index contributed by atoms with van der Waals surface area (Å²) in [4.78, 5) is 0.183. The van der Waals surface area contributed by atoms with Crippen molar-refractivity contribution in [3.63, 3.8) is 0 Å². The van der Waals surface area contributed by atoms with Crippen LogP contribution >= 0.6 is 15.9 Å². The molecule has 3 aromatic rings. The quantitative estimate of drug-likeness (QED) is 0.477. The molecule has 31 heavy (non-hydrogen) atoms. The van der Waals surface area contributed by atoms with Gasteiger partial charge in [-0.3, -0.25) is 0 Å². The molecule has 0 saturated heterocycles. The fourth-order valence-corrected chi connectivity index (χ4v) is 5.34. The van der Waals surface area contributed by atoms with E-state index >= 15 is 0 Å². The molecule has 8 heteroatoms. The lowest BCUT2D eigenvalue weighted by Gasteiger charge is -2.25. The standard InChI is InChI=1S/C23H21BrN2O4S/c1-29-22-10-6-9-19(23(22)30-2)21-15-20(16-11-13-17(24)14-12-16)25-26(21)31(27,28)18-7-4-3-5-8-18/h3-14,21H,15H2,1-2H3/t21-/m1/s1. The van der Waals surface area contributed by atoms with Crippen molar-refractivity contribution in [2.45, 2.75) is 17.4 Å². The number of hydrogen-bond donors (Lipinski definition) is 0. The summed E-state index contributed by atoms with van der Waals surface area (Å²) in [6.45, 7) is 0. The molecule has 0 spiro atoms. The van der Waals surface area contributed by atoms with Crippen LogP contribution in [-0.2, 0) is 10.0 Å². The molecule has 1 heterocycles. The molecular formula is C23H21BrN2O4S. The van der Waals surface area contributed by atoms with Crippen molar-refractivity contribution < 1.29 is 17.9 Å². The predicted molar refractivity (Wildman–Crippen MR) is 123 cm³/mol. The highest BCUT2D eigenvalue weighted by Crippen LogP contribution is 2.43. The van der Waals surface area contributed by atoms with Gasteiger partial charge in [-0.25, -0.2) is 0 Å². The Hall–Kier alpha value is -2.84. The molecule has 0 N–H and O–H groups in total. The van der Waals surface area contributed by atoms with E-state index in [-0.39, 0.29) is 4.90 Å². The molecule has 1 aliphatic heterocycles. The van der Waals surface area contributed by atoms with E-state index < -0.39 is 16.1 Å². The third-order valence-corrected chi connectivity index (χ3v) is 7.35. The number of para-hydroxylation sites is 1. The minimum Gasteiger partial charge on any atom is -0.493 e. The molecule has 0 radical (unpaired) electrons. The SMILES string of the molecule is COc1cccc([C@H]2CC(c3ccc(Br)cc3)=NN2S(=O)(=O)c2ccccc2)c1OC. The van der Waals surface area contributed by atoms with Crippen molar-refractivity contribution in [2.75, 3.05) is 14.2 Å². The predicted octanol–water partition coefficient (Wildman–Crippen LogP) is 5.01. The van der Waals surface area contributed by atoms with E-state index in [1.165, 1.54) is 4.41 Å². The molecule has 6 nitrogen and oxygen atoms in total. The highest BCUT2D eigenvalue weighted by molar-refractivity contribution is 9.10. The monoisotopic (exact) mass is 500 g/mol. The Morgan fingerprint density at radius 1 is 0.935 bits per heavy atom. The molecule has 0 unspecified atom stereocenters. The van der Waals surface area contributed by atoms with E-state index in [4.69, 9.17) is 9.47 Å². The van der Waals surface area contributed by atoms with Gasteiger partial charge in [-0.05, 0) is 35.9 Å². The molecule has 0 bridgehead atoms. The Kier molecular flexibility index (Phi) is 6.02. The first-order valence-electron chi connectivity index (χ1n) is 9.59. The second kappa shape index (κ2) is 8.72. The molecule has 160 valence electrons. The minimum absolute atomic E-state index is 0.183. The van der Waals surface area contributed by atoms with Gasteiger partial charge < -0.3 is 9.47 Å². The molecular weight excluding hydrogens is 480 g/mol. The topological polar surface area (TPSA) is 68.2 Å². The first-order valence-corrected chi connectivity index (χ1v) is 11.8. The van der Waals surface area contributed by atoms with Crippen LogP contribution in [0.4, 0.5) is 0 Å². The molecule has 3 aromatic carbocycles. The number of sulfonamides is 1. The zero-order valence-electron chi connectivity index (χ0n) is 17.0. The lowest BCUT2D eigenvalue weighted by molar-refractivity contribution is 0.328. The number of rotatable bonds is 6. The molecule has 0 fully saturated rings. The maximum Gasteiger partial charge on any atom is 0.279 e. The fraction of sp³-hybridized carbons (Fsp3) is 0.174. The van der Waals surface area contributed by atoms with Gasteiger partial charge in [0.1, 0.15) is 0 Å². The first-order chi connectivity index (χ1) is 15.0. The van der Waals surface area contributed by atoms with Gasteiger partial charge in [-0.2, -0.15) is 17.9 Å². The van der Waals surface area contributed by atoms with E-state index in [1.54, 1.807) is 50.6 Å². The molecule has 1 aliphatic rings. The average Bonchev–Trinajstić information content (AvgIpc) is 3.25. The summed E-state index contributed by atoms with van der Waals surface area (Å²) in [5, 5.41) is 4.58. The Bertz CT molecular complexity index is 1210. The number of nitrogens with zero attached hydrogens (tertiary/aromatic N) is 2. The Morgan fingerprint density at radius 3 is 2.29 bits per heavy atom. The highest BCUT2D eigenvalue weighted by atomic mass is 79.9. The first kappa shape index (κ1) is 21.4. The van der Waals surface area contributed by atoms with Gasteiger partial charge in [0.15, 0.2) is 11.5 Å². The average molecular weight is 501 g/mol. The molecule has 0 aromatic heterocycles. The number of hydrazone groups is 1. The van der Waals surface area contributed by atoms with Crippen molar-refractivity contribution in [3.8, 4) is 11.5 Å². The largest absolute Gasteiger partial charge is 0.493 e. The van der Waals surface area contributed by atoms with Crippen LogP contribution in [0.3, 0.4) is 0 Å². The summed E-state index contributed by atoms with van der Waals surface area (Å²) in [6, 6.07) is 20.8. The maximum absolute atomic E-state index is 13.5. The van der Waals surface area contributed by atoms with E-state index in [2.05, 4.69) is 21.0 Å². The lowest BCUT2D eigenvalue weighted by Crippen LogP contribution is -2.27. The van der Waals surface area contributed by atoms with Crippen molar-refractivity contribution in [1.82, 2.24) is 4.41 Å². The Morgan fingerprint density at radius 2 is 1.65 bits per heavy atom. The fourth-order valence-electron chi connectivity index (χ4n) is 3.63. The summed E-state index contributed by atoms with van der Waals surface area (Å²) >= 11 is 3.43. The highest BCUT2D eigenvalue weighted by Gasteiger charge is 2.39. The normalized spacial score (nSPS) is 16.2. The number of ether oxygens (including phenoxy) is 2. The third-order valence-electron chi connectivity index (χ3n) is 5.13. The maximum atomic E-state index is 13.5. The molecule has 4 rings (SSSR count). The van der Waals surface area contributed by atoms with E-state index in [0.717, 1.165) is 10.0 Å². The van der Waals surface area contributed by atoms with Crippen LogP contribution in [-0.4, -0.2) is 32.8 Å². The van der Waals surface area contributed by atoms with Gasteiger partial charge in [0.2, 0.25) is 0 Å². The van der Waals surface area contributed by atoms with Crippen molar-refractivity contribution in [3.05, 3.63) is 88.4 Å².